The maximum absolute atomic E-state index is 13.3. The summed E-state index contributed by atoms with van der Waals surface area (Å²) in [5.41, 5.74) is 6.48. The van der Waals surface area contributed by atoms with Crippen LogP contribution < -0.4 is 10.5 Å². The lowest BCUT2D eigenvalue weighted by Gasteiger charge is -2.12. The number of hydrogen-bond donors (Lipinski definition) is 1. The smallest absolute Gasteiger partial charge is 0.253 e. The van der Waals surface area contributed by atoms with Crippen molar-refractivity contribution in [2.75, 3.05) is 0 Å². The molecule has 0 bridgehead atoms. The van der Waals surface area contributed by atoms with Crippen molar-refractivity contribution in [1.29, 1.82) is 0 Å². The number of hydrogen-bond acceptors (Lipinski definition) is 5. The van der Waals surface area contributed by atoms with Crippen molar-refractivity contribution < 1.29 is 13.5 Å². The summed E-state index contributed by atoms with van der Waals surface area (Å²) in [6.45, 7) is 3.95. The average molecular weight is 279 g/mol. The van der Waals surface area contributed by atoms with Gasteiger partial charge in [0.25, 0.3) is 5.89 Å². The molecule has 108 valence electrons. The molecular formula is C14H18FN3O2. The van der Waals surface area contributed by atoms with E-state index in [4.69, 9.17) is 14.9 Å². The van der Waals surface area contributed by atoms with E-state index in [1.807, 2.05) is 13.8 Å². The van der Waals surface area contributed by atoms with Crippen LogP contribution in [-0.4, -0.2) is 16.2 Å². The molecule has 0 radical (unpaired) electrons. The quantitative estimate of drug-likeness (QED) is 0.877. The SMILES string of the molecule is CCc1nnc(COc2ccc(F)cc2CC(C)N)o1. The molecule has 2 rings (SSSR count). The number of benzene rings is 1. The van der Waals surface area contributed by atoms with Gasteiger partial charge in [0.1, 0.15) is 11.6 Å². The molecular weight excluding hydrogens is 261 g/mol. The van der Waals surface area contributed by atoms with Crippen molar-refractivity contribution in [3.8, 4) is 5.75 Å². The number of rotatable bonds is 6. The molecule has 0 saturated carbocycles. The summed E-state index contributed by atoms with van der Waals surface area (Å²) in [5, 5.41) is 7.73. The molecule has 0 aliphatic heterocycles. The third-order valence-electron chi connectivity index (χ3n) is 2.73. The minimum absolute atomic E-state index is 0.0748. The fraction of sp³-hybridized carbons (Fsp3) is 0.429. The second-order valence-corrected chi connectivity index (χ2v) is 4.67. The Hall–Kier alpha value is -1.95. The lowest BCUT2D eigenvalue weighted by molar-refractivity contribution is 0.256. The lowest BCUT2D eigenvalue weighted by Crippen LogP contribution is -2.18. The molecule has 0 saturated heterocycles. The summed E-state index contributed by atoms with van der Waals surface area (Å²) in [6.07, 6.45) is 1.22. The van der Waals surface area contributed by atoms with Crippen molar-refractivity contribution in [3.63, 3.8) is 0 Å². The maximum Gasteiger partial charge on any atom is 0.253 e. The van der Waals surface area contributed by atoms with Gasteiger partial charge in [-0.1, -0.05) is 6.92 Å². The minimum Gasteiger partial charge on any atom is -0.484 e. The summed E-state index contributed by atoms with van der Waals surface area (Å²) >= 11 is 0. The van der Waals surface area contributed by atoms with Crippen LogP contribution in [0, 0.1) is 5.82 Å². The van der Waals surface area contributed by atoms with Crippen LogP contribution in [0.3, 0.4) is 0 Å². The van der Waals surface area contributed by atoms with Crippen LogP contribution in [0.25, 0.3) is 0 Å². The van der Waals surface area contributed by atoms with Crippen molar-refractivity contribution in [1.82, 2.24) is 10.2 Å². The standard InChI is InChI=1S/C14H18FN3O2/c1-3-13-17-18-14(20-13)8-19-12-5-4-11(15)7-10(12)6-9(2)16/h4-5,7,9H,3,6,8,16H2,1-2H3. The molecule has 0 spiro atoms. The van der Waals surface area contributed by atoms with Crippen molar-refractivity contribution in [2.24, 2.45) is 5.73 Å². The van der Waals surface area contributed by atoms with E-state index >= 15 is 0 Å². The summed E-state index contributed by atoms with van der Waals surface area (Å²) < 4.78 is 24.2. The summed E-state index contributed by atoms with van der Waals surface area (Å²) in [7, 11) is 0. The summed E-state index contributed by atoms with van der Waals surface area (Å²) in [5.74, 6) is 1.25. The van der Waals surface area contributed by atoms with Gasteiger partial charge in [0, 0.05) is 12.5 Å². The molecule has 1 atom stereocenters. The van der Waals surface area contributed by atoms with Crippen molar-refractivity contribution >= 4 is 0 Å². The Morgan fingerprint density at radius 2 is 2.10 bits per heavy atom. The minimum atomic E-state index is -0.306. The molecule has 2 aromatic rings. The first-order chi connectivity index (χ1) is 9.58. The van der Waals surface area contributed by atoms with Gasteiger partial charge in [-0.15, -0.1) is 10.2 Å². The second kappa shape index (κ2) is 6.47. The van der Waals surface area contributed by atoms with Gasteiger partial charge in [-0.3, -0.25) is 0 Å². The molecule has 1 aromatic carbocycles. The molecule has 1 heterocycles. The lowest BCUT2D eigenvalue weighted by atomic mass is 10.1. The second-order valence-electron chi connectivity index (χ2n) is 4.67. The van der Waals surface area contributed by atoms with Gasteiger partial charge in [-0.25, -0.2) is 4.39 Å². The van der Waals surface area contributed by atoms with Gasteiger partial charge in [-0.2, -0.15) is 0 Å². The average Bonchev–Trinajstić information content (AvgIpc) is 2.85. The molecule has 0 fully saturated rings. The Labute approximate surface area is 116 Å². The van der Waals surface area contributed by atoms with Gasteiger partial charge in [0.05, 0.1) is 0 Å². The zero-order chi connectivity index (χ0) is 14.5. The van der Waals surface area contributed by atoms with Crippen LogP contribution in [0.2, 0.25) is 0 Å². The van der Waals surface area contributed by atoms with Gasteiger partial charge in [-0.05, 0) is 37.1 Å². The Kier molecular flexibility index (Phi) is 4.68. The third-order valence-corrected chi connectivity index (χ3v) is 2.73. The summed E-state index contributed by atoms with van der Waals surface area (Å²) in [6, 6.07) is 4.30. The van der Waals surface area contributed by atoms with Crippen LogP contribution in [0.15, 0.2) is 22.6 Å². The molecule has 0 aliphatic carbocycles. The van der Waals surface area contributed by atoms with E-state index in [9.17, 15) is 4.39 Å². The number of aromatic nitrogens is 2. The zero-order valence-electron chi connectivity index (χ0n) is 11.6. The van der Waals surface area contributed by atoms with Crippen LogP contribution >= 0.6 is 0 Å². The predicted octanol–water partition coefficient (Wildman–Crippen LogP) is 2.24. The van der Waals surface area contributed by atoms with Gasteiger partial charge >= 0.3 is 0 Å². The zero-order valence-corrected chi connectivity index (χ0v) is 11.6. The maximum atomic E-state index is 13.3. The normalized spacial score (nSPS) is 12.4. The highest BCUT2D eigenvalue weighted by atomic mass is 19.1. The number of halogens is 1. The molecule has 0 amide bonds. The van der Waals surface area contributed by atoms with Crippen molar-refractivity contribution in [2.45, 2.75) is 39.3 Å². The molecule has 6 heteroatoms. The Morgan fingerprint density at radius 1 is 1.35 bits per heavy atom. The number of nitrogens with two attached hydrogens (primary N) is 1. The molecule has 2 N–H and O–H groups in total. The van der Waals surface area contributed by atoms with Crippen molar-refractivity contribution in [3.05, 3.63) is 41.4 Å². The van der Waals surface area contributed by atoms with E-state index in [2.05, 4.69) is 10.2 Å². The highest BCUT2D eigenvalue weighted by molar-refractivity contribution is 5.34. The van der Waals surface area contributed by atoms with E-state index in [1.165, 1.54) is 12.1 Å². The Bertz CT molecular complexity index is 569. The Morgan fingerprint density at radius 3 is 2.75 bits per heavy atom. The van der Waals surface area contributed by atoms with Crippen LogP contribution in [0.5, 0.6) is 5.75 Å². The van der Waals surface area contributed by atoms with E-state index in [1.54, 1.807) is 6.07 Å². The van der Waals surface area contributed by atoms with Crippen LogP contribution in [0.1, 0.15) is 31.2 Å². The van der Waals surface area contributed by atoms with E-state index in [0.29, 0.717) is 30.4 Å². The monoisotopic (exact) mass is 279 g/mol. The number of ether oxygens (including phenoxy) is 1. The highest BCUT2D eigenvalue weighted by Gasteiger charge is 2.10. The van der Waals surface area contributed by atoms with Crippen LogP contribution in [0.4, 0.5) is 4.39 Å². The fourth-order valence-electron chi connectivity index (χ4n) is 1.82. The molecule has 1 unspecified atom stereocenters. The van der Waals surface area contributed by atoms with Gasteiger partial charge in [0.15, 0.2) is 6.61 Å². The number of nitrogens with zero attached hydrogens (tertiary/aromatic N) is 2. The molecule has 1 aromatic heterocycles. The van der Waals surface area contributed by atoms with Crippen LogP contribution in [-0.2, 0) is 19.4 Å². The molecule has 20 heavy (non-hydrogen) atoms. The first kappa shape index (κ1) is 14.5. The van der Waals surface area contributed by atoms with E-state index in [-0.39, 0.29) is 18.5 Å². The summed E-state index contributed by atoms with van der Waals surface area (Å²) in [4.78, 5) is 0. The first-order valence-electron chi connectivity index (χ1n) is 6.56. The van der Waals surface area contributed by atoms with Gasteiger partial charge in [0.2, 0.25) is 5.89 Å². The van der Waals surface area contributed by atoms with E-state index < -0.39 is 0 Å². The first-order valence-corrected chi connectivity index (χ1v) is 6.56. The third kappa shape index (κ3) is 3.77. The molecule has 0 aliphatic rings. The predicted molar refractivity (Wildman–Crippen MR) is 71.8 cm³/mol. The fourth-order valence-corrected chi connectivity index (χ4v) is 1.82. The highest BCUT2D eigenvalue weighted by Crippen LogP contribution is 2.22. The molecule has 5 nitrogen and oxygen atoms in total. The largest absolute Gasteiger partial charge is 0.484 e. The van der Waals surface area contributed by atoms with Gasteiger partial charge < -0.3 is 14.9 Å². The van der Waals surface area contributed by atoms with E-state index in [0.717, 1.165) is 5.56 Å². The Balaban J connectivity index is 2.08. The number of aryl methyl sites for hydroxylation is 1. The topological polar surface area (TPSA) is 74.2 Å².